The van der Waals surface area contributed by atoms with Crippen molar-refractivity contribution in [2.75, 3.05) is 7.11 Å². The van der Waals surface area contributed by atoms with E-state index in [4.69, 9.17) is 0 Å². The largest absolute Gasteiger partial charge is 0.465 e. The number of hydrogen-bond acceptors (Lipinski definition) is 2. The third kappa shape index (κ3) is 12.8. The lowest BCUT2D eigenvalue weighted by Crippen LogP contribution is -2.01. The van der Waals surface area contributed by atoms with E-state index in [1.165, 1.54) is 29.4 Å². The van der Waals surface area contributed by atoms with Crippen molar-refractivity contribution in [1.29, 1.82) is 0 Å². The summed E-state index contributed by atoms with van der Waals surface area (Å²) in [4.78, 5) is 11.1. The van der Waals surface area contributed by atoms with Crippen molar-refractivity contribution in [2.24, 2.45) is 0 Å². The van der Waals surface area contributed by atoms with Crippen LogP contribution in [0.1, 0.15) is 79.7 Å². The highest BCUT2D eigenvalue weighted by Crippen LogP contribution is 2.10. The summed E-state index contributed by atoms with van der Waals surface area (Å²) in [5.41, 5.74) is 7.01. The number of carbonyl (C=O) groups is 1. The van der Waals surface area contributed by atoms with E-state index >= 15 is 0 Å². The molecular weight excluding hydrogens is 332 g/mol. The Morgan fingerprint density at radius 3 is 1.37 bits per heavy atom. The molecule has 0 saturated carbocycles. The standard InChI is InChI=1S/C10H12O2.C9H12.3C2H6/c1-7-4-5-9(6-8(7)2)10(11)12-3;1-7-4-5-8(2)9(3)6-7;3*1-2/h4-6H,1-3H3;4-6H,1-3H3;3*1-2H3. The van der Waals surface area contributed by atoms with Gasteiger partial charge in [-0.3, -0.25) is 0 Å². The van der Waals surface area contributed by atoms with E-state index < -0.39 is 0 Å². The molecule has 0 aliphatic heterocycles. The SMILES string of the molecule is CC.CC.CC.COC(=O)c1ccc(C)c(C)c1.Cc1ccc(C)c(C)c1. The summed E-state index contributed by atoms with van der Waals surface area (Å²) < 4.78 is 4.59. The number of esters is 1. The van der Waals surface area contributed by atoms with Crippen LogP contribution >= 0.6 is 0 Å². The van der Waals surface area contributed by atoms with Gasteiger partial charge in [0.2, 0.25) is 0 Å². The van der Waals surface area contributed by atoms with Crippen LogP contribution in [-0.2, 0) is 4.74 Å². The van der Waals surface area contributed by atoms with Crippen molar-refractivity contribution in [3.63, 3.8) is 0 Å². The van der Waals surface area contributed by atoms with Gasteiger partial charge in [-0.25, -0.2) is 4.79 Å². The fraction of sp³-hybridized carbons (Fsp3) is 0.480. The molecule has 0 radical (unpaired) electrons. The zero-order chi connectivity index (χ0) is 22.0. The molecule has 0 spiro atoms. The summed E-state index contributed by atoms with van der Waals surface area (Å²) in [5, 5.41) is 0. The van der Waals surface area contributed by atoms with Crippen molar-refractivity contribution in [3.8, 4) is 0 Å². The molecule has 0 amide bonds. The zero-order valence-corrected chi connectivity index (χ0v) is 19.8. The second-order valence-corrected chi connectivity index (χ2v) is 5.38. The van der Waals surface area contributed by atoms with E-state index in [9.17, 15) is 4.79 Å². The highest BCUT2D eigenvalue weighted by atomic mass is 16.5. The van der Waals surface area contributed by atoms with Crippen molar-refractivity contribution in [3.05, 3.63) is 69.8 Å². The van der Waals surface area contributed by atoms with Crippen LogP contribution in [0.4, 0.5) is 0 Å². The predicted molar refractivity (Wildman–Crippen MR) is 122 cm³/mol. The van der Waals surface area contributed by atoms with Crippen molar-refractivity contribution in [1.82, 2.24) is 0 Å². The van der Waals surface area contributed by atoms with Crippen LogP contribution in [-0.4, -0.2) is 13.1 Å². The van der Waals surface area contributed by atoms with Crippen LogP contribution in [0, 0.1) is 34.6 Å². The molecule has 2 nitrogen and oxygen atoms in total. The lowest BCUT2D eigenvalue weighted by molar-refractivity contribution is 0.0600. The minimum atomic E-state index is -0.280. The normalized spacial score (nSPS) is 8.15. The average molecular weight is 375 g/mol. The second kappa shape index (κ2) is 18.7. The second-order valence-electron chi connectivity index (χ2n) is 5.38. The highest BCUT2D eigenvalue weighted by Gasteiger charge is 2.04. The molecule has 154 valence electrons. The van der Waals surface area contributed by atoms with Gasteiger partial charge in [-0.1, -0.05) is 71.4 Å². The molecule has 2 aromatic carbocycles. The summed E-state index contributed by atoms with van der Waals surface area (Å²) >= 11 is 0. The molecule has 0 fully saturated rings. The first kappa shape index (κ1) is 29.7. The summed E-state index contributed by atoms with van der Waals surface area (Å²) in [5.74, 6) is -0.280. The number of methoxy groups -OCH3 is 1. The molecule has 0 saturated heterocycles. The fourth-order valence-corrected chi connectivity index (χ4v) is 1.88. The number of ether oxygens (including phenoxy) is 1. The zero-order valence-electron chi connectivity index (χ0n) is 19.8. The first-order valence-electron chi connectivity index (χ1n) is 10.0. The lowest BCUT2D eigenvalue weighted by Gasteiger charge is -2.02. The Balaban J connectivity index is -0.000000341. The van der Waals surface area contributed by atoms with Crippen LogP contribution in [0.15, 0.2) is 36.4 Å². The number of hydrogen-bond donors (Lipinski definition) is 0. The first-order valence-corrected chi connectivity index (χ1v) is 10.0. The molecule has 0 bridgehead atoms. The summed E-state index contributed by atoms with van der Waals surface area (Å²) in [6.45, 7) is 22.4. The van der Waals surface area contributed by atoms with Crippen LogP contribution < -0.4 is 0 Å². The third-order valence-corrected chi connectivity index (χ3v) is 3.59. The van der Waals surface area contributed by atoms with Gasteiger partial charge >= 0.3 is 5.97 Å². The maximum atomic E-state index is 11.1. The van der Waals surface area contributed by atoms with Gasteiger partial charge in [0.25, 0.3) is 0 Å². The topological polar surface area (TPSA) is 26.3 Å². The highest BCUT2D eigenvalue weighted by molar-refractivity contribution is 5.89. The van der Waals surface area contributed by atoms with Crippen molar-refractivity contribution in [2.45, 2.75) is 76.2 Å². The molecule has 0 N–H and O–H groups in total. The van der Waals surface area contributed by atoms with Crippen LogP contribution in [0.2, 0.25) is 0 Å². The molecule has 2 aromatic rings. The maximum Gasteiger partial charge on any atom is 0.337 e. The summed E-state index contributed by atoms with van der Waals surface area (Å²) in [6, 6.07) is 12.0. The molecule has 0 aliphatic rings. The number of aryl methyl sites for hydroxylation is 5. The minimum absolute atomic E-state index is 0.280. The van der Waals surface area contributed by atoms with Gasteiger partial charge in [-0.2, -0.15) is 0 Å². The number of carbonyl (C=O) groups excluding carboxylic acids is 1. The van der Waals surface area contributed by atoms with E-state index in [2.05, 4.69) is 43.7 Å². The molecule has 0 aliphatic carbocycles. The van der Waals surface area contributed by atoms with E-state index in [-0.39, 0.29) is 5.97 Å². The molecule has 2 rings (SSSR count). The van der Waals surface area contributed by atoms with Crippen LogP contribution in [0.3, 0.4) is 0 Å². The predicted octanol–water partition coefficient (Wildman–Crippen LogP) is 7.78. The summed E-state index contributed by atoms with van der Waals surface area (Å²) in [7, 11) is 1.39. The van der Waals surface area contributed by atoms with Crippen molar-refractivity contribution < 1.29 is 9.53 Å². The molecule has 27 heavy (non-hydrogen) atoms. The average Bonchev–Trinajstić information content (AvgIpc) is 2.71. The molecule has 0 atom stereocenters. The third-order valence-electron chi connectivity index (χ3n) is 3.59. The smallest absolute Gasteiger partial charge is 0.337 e. The molecule has 0 aromatic heterocycles. The van der Waals surface area contributed by atoms with Gasteiger partial charge in [0, 0.05) is 0 Å². The van der Waals surface area contributed by atoms with Gasteiger partial charge in [-0.15, -0.1) is 0 Å². The van der Waals surface area contributed by atoms with Gasteiger partial charge in [-0.05, 0) is 69.0 Å². The van der Waals surface area contributed by atoms with Crippen molar-refractivity contribution >= 4 is 5.97 Å². The monoisotopic (exact) mass is 374 g/mol. The van der Waals surface area contributed by atoms with E-state index in [0.717, 1.165) is 5.56 Å². The lowest BCUT2D eigenvalue weighted by atomic mass is 10.1. The Bertz CT molecular complexity index is 628. The number of rotatable bonds is 1. The first-order chi connectivity index (χ1) is 12.8. The van der Waals surface area contributed by atoms with Gasteiger partial charge in [0.05, 0.1) is 12.7 Å². The molecule has 2 heteroatoms. The van der Waals surface area contributed by atoms with Gasteiger partial charge in [0.1, 0.15) is 0 Å². The molecular formula is C25H42O2. The Morgan fingerprint density at radius 1 is 0.630 bits per heavy atom. The maximum absolute atomic E-state index is 11.1. The Morgan fingerprint density at radius 2 is 1.04 bits per heavy atom. The van der Waals surface area contributed by atoms with Gasteiger partial charge < -0.3 is 4.74 Å². The number of benzene rings is 2. The van der Waals surface area contributed by atoms with Gasteiger partial charge in [0.15, 0.2) is 0 Å². The fourth-order valence-electron chi connectivity index (χ4n) is 1.88. The minimum Gasteiger partial charge on any atom is -0.465 e. The molecule has 0 heterocycles. The Kier molecular flexibility index (Phi) is 20.5. The molecule has 0 unspecified atom stereocenters. The summed E-state index contributed by atoms with van der Waals surface area (Å²) in [6.07, 6.45) is 0. The van der Waals surface area contributed by atoms with E-state index in [1.807, 2.05) is 67.5 Å². The quantitative estimate of drug-likeness (QED) is 0.476. The van der Waals surface area contributed by atoms with E-state index in [0.29, 0.717) is 5.56 Å². The van der Waals surface area contributed by atoms with Crippen LogP contribution in [0.25, 0.3) is 0 Å². The Hall–Kier alpha value is -2.09. The van der Waals surface area contributed by atoms with Crippen LogP contribution in [0.5, 0.6) is 0 Å². The Labute approximate surface area is 169 Å². The van der Waals surface area contributed by atoms with E-state index in [1.54, 1.807) is 6.07 Å².